The van der Waals surface area contributed by atoms with Crippen molar-refractivity contribution in [3.63, 3.8) is 0 Å². The molecule has 1 fully saturated rings. The van der Waals surface area contributed by atoms with Gasteiger partial charge in [0.25, 0.3) is 0 Å². The summed E-state index contributed by atoms with van der Waals surface area (Å²) in [6.07, 6.45) is 0. The van der Waals surface area contributed by atoms with Gasteiger partial charge in [0.05, 0.1) is 6.04 Å². The topological polar surface area (TPSA) is 32.3 Å². The summed E-state index contributed by atoms with van der Waals surface area (Å²) in [5.41, 5.74) is 4.50. The first kappa shape index (κ1) is 14.2. The Hall–Kier alpha value is -1.19. The van der Waals surface area contributed by atoms with Gasteiger partial charge < -0.3 is 5.32 Å². The van der Waals surface area contributed by atoms with Crippen LogP contribution in [0.2, 0.25) is 0 Å². The van der Waals surface area contributed by atoms with Crippen molar-refractivity contribution in [1.82, 2.24) is 10.2 Å². The van der Waals surface area contributed by atoms with E-state index in [0.29, 0.717) is 0 Å². The van der Waals surface area contributed by atoms with Crippen LogP contribution >= 0.6 is 0 Å². The molecule has 1 atom stereocenters. The Morgan fingerprint density at radius 1 is 1.16 bits per heavy atom. The standard InChI is InChI=1S/C16H24N2O/c1-11-5-6-15(13(3)12(11)2)16(19)14(4)18-9-7-17-8-10-18/h5-6,14,17H,7-10H2,1-4H3. The van der Waals surface area contributed by atoms with E-state index in [9.17, 15) is 4.79 Å². The highest BCUT2D eigenvalue weighted by Gasteiger charge is 2.25. The van der Waals surface area contributed by atoms with Crippen molar-refractivity contribution in [2.45, 2.75) is 33.7 Å². The highest BCUT2D eigenvalue weighted by Crippen LogP contribution is 2.20. The van der Waals surface area contributed by atoms with E-state index in [1.54, 1.807) is 0 Å². The van der Waals surface area contributed by atoms with Gasteiger partial charge in [-0.15, -0.1) is 0 Å². The molecular formula is C16H24N2O. The van der Waals surface area contributed by atoms with E-state index in [0.717, 1.165) is 37.3 Å². The number of rotatable bonds is 3. The van der Waals surface area contributed by atoms with Gasteiger partial charge in [0, 0.05) is 31.7 Å². The lowest BCUT2D eigenvalue weighted by Crippen LogP contribution is -2.50. The van der Waals surface area contributed by atoms with Gasteiger partial charge in [0.2, 0.25) is 0 Å². The van der Waals surface area contributed by atoms with Crippen LogP contribution in [0.25, 0.3) is 0 Å². The minimum absolute atomic E-state index is 0.0251. The van der Waals surface area contributed by atoms with Crippen molar-refractivity contribution in [2.75, 3.05) is 26.2 Å². The van der Waals surface area contributed by atoms with Crippen molar-refractivity contribution in [2.24, 2.45) is 0 Å². The third-order valence-electron chi connectivity index (χ3n) is 4.40. The molecular weight excluding hydrogens is 236 g/mol. The molecule has 1 aliphatic heterocycles. The Morgan fingerprint density at radius 3 is 2.42 bits per heavy atom. The van der Waals surface area contributed by atoms with E-state index >= 15 is 0 Å². The van der Waals surface area contributed by atoms with Gasteiger partial charge in [-0.3, -0.25) is 9.69 Å². The van der Waals surface area contributed by atoms with E-state index in [4.69, 9.17) is 0 Å². The molecule has 1 saturated heterocycles. The van der Waals surface area contributed by atoms with Gasteiger partial charge in [0.15, 0.2) is 5.78 Å². The molecule has 1 aromatic carbocycles. The van der Waals surface area contributed by atoms with Gasteiger partial charge in [0.1, 0.15) is 0 Å². The molecule has 0 aliphatic carbocycles. The van der Waals surface area contributed by atoms with Crippen molar-refractivity contribution >= 4 is 5.78 Å². The number of hydrogen-bond donors (Lipinski definition) is 1. The van der Waals surface area contributed by atoms with Crippen LogP contribution in [0.5, 0.6) is 0 Å². The first-order chi connectivity index (χ1) is 9.02. The second kappa shape index (κ2) is 5.85. The van der Waals surface area contributed by atoms with Crippen LogP contribution in [0.3, 0.4) is 0 Å². The number of piperazine rings is 1. The molecule has 0 radical (unpaired) electrons. The maximum Gasteiger partial charge on any atom is 0.179 e. The summed E-state index contributed by atoms with van der Waals surface area (Å²) in [4.78, 5) is 14.9. The molecule has 3 nitrogen and oxygen atoms in total. The Kier molecular flexibility index (Phi) is 4.38. The number of ketones is 1. The van der Waals surface area contributed by atoms with E-state index in [1.807, 2.05) is 13.0 Å². The smallest absolute Gasteiger partial charge is 0.179 e. The zero-order chi connectivity index (χ0) is 14.0. The summed E-state index contributed by atoms with van der Waals surface area (Å²) in [5.74, 6) is 0.252. The predicted molar refractivity (Wildman–Crippen MR) is 78.9 cm³/mol. The minimum Gasteiger partial charge on any atom is -0.314 e. The second-order valence-corrected chi connectivity index (χ2v) is 5.51. The number of carbonyl (C=O) groups excluding carboxylic acids is 1. The maximum absolute atomic E-state index is 12.7. The fourth-order valence-corrected chi connectivity index (χ4v) is 2.68. The largest absolute Gasteiger partial charge is 0.314 e. The summed E-state index contributed by atoms with van der Waals surface area (Å²) < 4.78 is 0. The Labute approximate surface area is 116 Å². The maximum atomic E-state index is 12.7. The molecule has 0 spiro atoms. The zero-order valence-electron chi connectivity index (χ0n) is 12.4. The molecule has 1 heterocycles. The lowest BCUT2D eigenvalue weighted by atomic mass is 9.93. The molecule has 1 aromatic rings. The van der Waals surface area contributed by atoms with Gasteiger partial charge in [-0.2, -0.15) is 0 Å². The number of nitrogens with one attached hydrogen (secondary N) is 1. The summed E-state index contributed by atoms with van der Waals surface area (Å²) in [6.45, 7) is 12.1. The molecule has 1 N–H and O–H groups in total. The quantitative estimate of drug-likeness (QED) is 0.845. The van der Waals surface area contributed by atoms with Crippen LogP contribution in [0.4, 0.5) is 0 Å². The fraction of sp³-hybridized carbons (Fsp3) is 0.562. The number of carbonyl (C=O) groups is 1. The van der Waals surface area contributed by atoms with E-state index < -0.39 is 0 Å². The van der Waals surface area contributed by atoms with Crippen molar-refractivity contribution in [3.05, 3.63) is 34.4 Å². The molecule has 0 bridgehead atoms. The second-order valence-electron chi connectivity index (χ2n) is 5.51. The van der Waals surface area contributed by atoms with Crippen LogP contribution < -0.4 is 5.32 Å². The third kappa shape index (κ3) is 2.88. The number of nitrogens with zero attached hydrogens (tertiary/aromatic N) is 1. The highest BCUT2D eigenvalue weighted by molar-refractivity contribution is 6.01. The number of benzene rings is 1. The van der Waals surface area contributed by atoms with Crippen molar-refractivity contribution in [1.29, 1.82) is 0 Å². The lowest BCUT2D eigenvalue weighted by molar-refractivity contribution is 0.0819. The van der Waals surface area contributed by atoms with E-state index in [1.165, 1.54) is 11.1 Å². The number of aryl methyl sites for hydroxylation is 1. The predicted octanol–water partition coefficient (Wildman–Crippen LogP) is 2.09. The average molecular weight is 260 g/mol. The van der Waals surface area contributed by atoms with Crippen LogP contribution in [-0.2, 0) is 0 Å². The molecule has 0 saturated carbocycles. The molecule has 0 aromatic heterocycles. The molecule has 2 rings (SSSR count). The first-order valence-corrected chi connectivity index (χ1v) is 7.08. The Balaban J connectivity index is 2.21. The van der Waals surface area contributed by atoms with Crippen LogP contribution in [0.1, 0.15) is 34.0 Å². The normalized spacial score (nSPS) is 18.3. The fourth-order valence-electron chi connectivity index (χ4n) is 2.68. The molecule has 1 unspecified atom stereocenters. The van der Waals surface area contributed by atoms with Crippen LogP contribution in [-0.4, -0.2) is 42.9 Å². The summed E-state index contributed by atoms with van der Waals surface area (Å²) in [5, 5.41) is 3.32. The minimum atomic E-state index is -0.0251. The number of hydrogen-bond acceptors (Lipinski definition) is 3. The summed E-state index contributed by atoms with van der Waals surface area (Å²) in [6, 6.07) is 4.02. The van der Waals surface area contributed by atoms with Gasteiger partial charge in [-0.25, -0.2) is 0 Å². The Bertz CT molecular complexity index is 476. The molecule has 3 heteroatoms. The number of Topliss-reactive ketones (excluding diaryl/α,β-unsaturated/α-hetero) is 1. The molecule has 0 amide bonds. The zero-order valence-corrected chi connectivity index (χ0v) is 12.4. The van der Waals surface area contributed by atoms with Crippen LogP contribution in [0.15, 0.2) is 12.1 Å². The molecule has 19 heavy (non-hydrogen) atoms. The van der Waals surface area contributed by atoms with Crippen molar-refractivity contribution < 1.29 is 4.79 Å². The summed E-state index contributed by atoms with van der Waals surface area (Å²) in [7, 11) is 0. The van der Waals surface area contributed by atoms with Gasteiger partial charge in [-0.05, 0) is 44.4 Å². The first-order valence-electron chi connectivity index (χ1n) is 7.08. The average Bonchev–Trinajstić information content (AvgIpc) is 2.44. The molecule has 1 aliphatic rings. The van der Waals surface area contributed by atoms with Gasteiger partial charge >= 0.3 is 0 Å². The van der Waals surface area contributed by atoms with E-state index in [2.05, 4.69) is 37.1 Å². The lowest BCUT2D eigenvalue weighted by Gasteiger charge is -2.32. The van der Waals surface area contributed by atoms with Gasteiger partial charge in [-0.1, -0.05) is 12.1 Å². The van der Waals surface area contributed by atoms with Crippen molar-refractivity contribution in [3.8, 4) is 0 Å². The van der Waals surface area contributed by atoms with Crippen LogP contribution in [0, 0.1) is 20.8 Å². The van der Waals surface area contributed by atoms with E-state index in [-0.39, 0.29) is 11.8 Å². The summed E-state index contributed by atoms with van der Waals surface area (Å²) >= 11 is 0. The SMILES string of the molecule is Cc1ccc(C(=O)C(C)N2CCNCC2)c(C)c1C. The molecule has 104 valence electrons. The Morgan fingerprint density at radius 2 is 1.79 bits per heavy atom. The third-order valence-corrected chi connectivity index (χ3v) is 4.40. The highest BCUT2D eigenvalue weighted by atomic mass is 16.1. The monoisotopic (exact) mass is 260 g/mol.